The van der Waals surface area contributed by atoms with E-state index in [0.29, 0.717) is 26.4 Å². The lowest BCUT2D eigenvalue weighted by Gasteiger charge is -2.28. The minimum atomic E-state index is -0.805. The molecule has 1 saturated heterocycles. The van der Waals surface area contributed by atoms with E-state index in [1.807, 2.05) is 18.2 Å². The normalized spacial score (nSPS) is 16.9. The molecule has 0 amide bonds. The van der Waals surface area contributed by atoms with Crippen molar-refractivity contribution in [3.63, 3.8) is 0 Å². The zero-order valence-electron chi connectivity index (χ0n) is 21.9. The number of carbonyl (C=O) groups is 1. The number of rotatable bonds is 7. The minimum Gasteiger partial charge on any atom is -0.493 e. The van der Waals surface area contributed by atoms with E-state index in [4.69, 9.17) is 24.5 Å². The van der Waals surface area contributed by atoms with Gasteiger partial charge >= 0.3 is 5.97 Å². The Morgan fingerprint density at radius 1 is 1.05 bits per heavy atom. The predicted molar refractivity (Wildman–Crippen MR) is 144 cm³/mol. The van der Waals surface area contributed by atoms with Crippen molar-refractivity contribution in [2.45, 2.75) is 46.6 Å². The summed E-state index contributed by atoms with van der Waals surface area (Å²) in [5, 5.41) is 12.7. The summed E-state index contributed by atoms with van der Waals surface area (Å²) in [6.07, 6.45) is 0.0844. The Bertz CT molecular complexity index is 1310. The topological polar surface area (TPSA) is 96.8 Å². The third-order valence-electron chi connectivity index (χ3n) is 7.39. The lowest BCUT2D eigenvalue weighted by Crippen LogP contribution is -2.37. The van der Waals surface area contributed by atoms with Gasteiger partial charge in [-0.1, -0.05) is 18.2 Å². The van der Waals surface area contributed by atoms with Gasteiger partial charge in [0.05, 0.1) is 37.6 Å². The van der Waals surface area contributed by atoms with Gasteiger partial charge in [-0.15, -0.1) is 0 Å². The van der Waals surface area contributed by atoms with Gasteiger partial charge in [0, 0.05) is 48.4 Å². The van der Waals surface area contributed by atoms with E-state index in [2.05, 4.69) is 50.0 Å². The van der Waals surface area contributed by atoms with E-state index >= 15 is 0 Å². The van der Waals surface area contributed by atoms with E-state index in [-0.39, 0.29) is 12.3 Å². The van der Waals surface area contributed by atoms with E-state index < -0.39 is 5.97 Å². The van der Waals surface area contributed by atoms with Crippen molar-refractivity contribution < 1.29 is 19.4 Å². The highest BCUT2D eigenvalue weighted by molar-refractivity contribution is 5.76. The van der Waals surface area contributed by atoms with Crippen LogP contribution >= 0.6 is 0 Å². The molecule has 1 atom stereocenters. The SMILES string of the molecule is Cc1ccc(CNc2ccc3c(c2)OC[C@H]3CC(=O)O)c(C)c1-c1c(C)nc(N2CCOCC2)nc1C. The van der Waals surface area contributed by atoms with Crippen LogP contribution in [-0.4, -0.2) is 54.0 Å². The third kappa shape index (κ3) is 5.11. The molecule has 5 rings (SSSR count). The molecule has 1 aromatic heterocycles. The number of morpholine rings is 1. The number of carboxylic acids is 1. The highest BCUT2D eigenvalue weighted by Gasteiger charge is 2.26. The van der Waals surface area contributed by atoms with Crippen LogP contribution in [0.2, 0.25) is 0 Å². The van der Waals surface area contributed by atoms with Crippen molar-refractivity contribution >= 4 is 17.6 Å². The number of hydrogen-bond donors (Lipinski definition) is 2. The molecule has 1 fully saturated rings. The molecule has 2 aliphatic rings. The summed E-state index contributed by atoms with van der Waals surface area (Å²) >= 11 is 0. The molecule has 0 aliphatic carbocycles. The van der Waals surface area contributed by atoms with Crippen molar-refractivity contribution in [2.75, 3.05) is 43.1 Å². The Hall–Kier alpha value is -3.65. The molecule has 8 nitrogen and oxygen atoms in total. The van der Waals surface area contributed by atoms with Crippen molar-refractivity contribution in [1.29, 1.82) is 0 Å². The average Bonchev–Trinajstić information content (AvgIpc) is 3.26. The second-order valence-corrected chi connectivity index (χ2v) is 9.92. The number of aliphatic carboxylic acids is 1. The molecule has 0 spiro atoms. The quantitative estimate of drug-likeness (QED) is 0.477. The van der Waals surface area contributed by atoms with Gasteiger partial charge in [-0.05, 0) is 56.0 Å². The van der Waals surface area contributed by atoms with Gasteiger partial charge in [-0.25, -0.2) is 9.97 Å². The fourth-order valence-electron chi connectivity index (χ4n) is 5.40. The van der Waals surface area contributed by atoms with E-state index in [1.54, 1.807) is 0 Å². The van der Waals surface area contributed by atoms with Gasteiger partial charge in [-0.3, -0.25) is 4.79 Å². The van der Waals surface area contributed by atoms with Crippen LogP contribution in [0, 0.1) is 27.7 Å². The van der Waals surface area contributed by atoms with Crippen LogP contribution in [0.5, 0.6) is 5.75 Å². The molecule has 37 heavy (non-hydrogen) atoms. The zero-order chi connectivity index (χ0) is 26.1. The molecule has 0 saturated carbocycles. The number of nitrogens with one attached hydrogen (secondary N) is 1. The predicted octanol–water partition coefficient (Wildman–Crippen LogP) is 4.78. The summed E-state index contributed by atoms with van der Waals surface area (Å²) in [5.41, 5.74) is 9.78. The number of anilines is 2. The Kier molecular flexibility index (Phi) is 7.02. The summed E-state index contributed by atoms with van der Waals surface area (Å²) in [6, 6.07) is 10.3. The molecule has 2 aliphatic heterocycles. The third-order valence-corrected chi connectivity index (χ3v) is 7.39. The van der Waals surface area contributed by atoms with Crippen molar-refractivity contribution in [2.24, 2.45) is 0 Å². The van der Waals surface area contributed by atoms with Crippen molar-refractivity contribution in [3.8, 4) is 16.9 Å². The molecule has 3 heterocycles. The van der Waals surface area contributed by atoms with Gasteiger partial charge in [0.15, 0.2) is 0 Å². The van der Waals surface area contributed by atoms with E-state index in [0.717, 1.165) is 53.0 Å². The first-order chi connectivity index (χ1) is 17.8. The maximum atomic E-state index is 11.1. The first-order valence-electron chi connectivity index (χ1n) is 12.8. The summed E-state index contributed by atoms with van der Waals surface area (Å²) in [6.45, 7) is 12.5. The van der Waals surface area contributed by atoms with E-state index in [9.17, 15) is 4.79 Å². The van der Waals surface area contributed by atoms with Crippen molar-refractivity contribution in [1.82, 2.24) is 9.97 Å². The van der Waals surface area contributed by atoms with Crippen molar-refractivity contribution in [3.05, 3.63) is 64.0 Å². The van der Waals surface area contributed by atoms with Gasteiger partial charge in [0.1, 0.15) is 5.75 Å². The second kappa shape index (κ2) is 10.4. The number of carboxylic acid groups (broad SMARTS) is 1. The number of ether oxygens (including phenoxy) is 2. The molecule has 194 valence electrons. The number of benzene rings is 2. The molecular weight excluding hydrogens is 468 g/mol. The van der Waals surface area contributed by atoms with Crippen LogP contribution in [0.3, 0.4) is 0 Å². The van der Waals surface area contributed by atoms with Gasteiger partial charge in [0.25, 0.3) is 0 Å². The van der Waals surface area contributed by atoms with Gasteiger partial charge < -0.3 is 24.8 Å². The number of aromatic nitrogens is 2. The molecule has 0 unspecified atom stereocenters. The first kappa shape index (κ1) is 25.0. The van der Waals surface area contributed by atoms with Crippen LogP contribution in [-0.2, 0) is 16.1 Å². The monoisotopic (exact) mass is 502 g/mol. The van der Waals surface area contributed by atoms with Gasteiger partial charge in [-0.2, -0.15) is 0 Å². The Labute approximate surface area is 217 Å². The summed E-state index contributed by atoms with van der Waals surface area (Å²) in [4.78, 5) is 23.1. The molecule has 0 bridgehead atoms. The summed E-state index contributed by atoms with van der Waals surface area (Å²) in [7, 11) is 0. The largest absolute Gasteiger partial charge is 0.493 e. The lowest BCUT2D eigenvalue weighted by molar-refractivity contribution is -0.137. The van der Waals surface area contributed by atoms with Crippen LogP contribution in [0.4, 0.5) is 11.6 Å². The molecule has 0 radical (unpaired) electrons. The van der Waals surface area contributed by atoms with E-state index in [1.165, 1.54) is 22.3 Å². The highest BCUT2D eigenvalue weighted by atomic mass is 16.5. The molecule has 2 aromatic carbocycles. The Balaban J connectivity index is 1.38. The second-order valence-electron chi connectivity index (χ2n) is 9.92. The number of hydrogen-bond acceptors (Lipinski definition) is 7. The van der Waals surface area contributed by atoms with Crippen LogP contribution < -0.4 is 15.0 Å². The Morgan fingerprint density at radius 3 is 2.49 bits per heavy atom. The molecule has 8 heteroatoms. The van der Waals surface area contributed by atoms with Crippen LogP contribution in [0.15, 0.2) is 30.3 Å². The number of aryl methyl sites for hydroxylation is 3. The molecular formula is C29H34N4O4. The number of fused-ring (bicyclic) bond motifs is 1. The first-order valence-corrected chi connectivity index (χ1v) is 12.8. The van der Waals surface area contributed by atoms with Crippen LogP contribution in [0.1, 0.15) is 46.0 Å². The zero-order valence-corrected chi connectivity index (χ0v) is 21.9. The fraction of sp³-hybridized carbons (Fsp3) is 0.414. The van der Waals surface area contributed by atoms with Crippen LogP contribution in [0.25, 0.3) is 11.1 Å². The maximum Gasteiger partial charge on any atom is 0.304 e. The molecule has 2 N–H and O–H groups in total. The Morgan fingerprint density at radius 2 is 1.78 bits per heavy atom. The smallest absolute Gasteiger partial charge is 0.304 e. The molecule has 3 aromatic rings. The summed E-state index contributed by atoms with van der Waals surface area (Å²) in [5.74, 6) is 0.647. The fourth-order valence-corrected chi connectivity index (χ4v) is 5.40. The maximum absolute atomic E-state index is 11.1. The number of nitrogens with zero attached hydrogens (tertiary/aromatic N) is 3. The van der Waals surface area contributed by atoms with Gasteiger partial charge in [0.2, 0.25) is 5.95 Å². The minimum absolute atomic E-state index is 0.0844. The highest BCUT2D eigenvalue weighted by Crippen LogP contribution is 2.38. The standard InChI is InChI=1S/C29H34N4O4/c1-17-5-6-21(15-30-23-7-8-24-22(13-26(34)35)16-37-25(24)14-23)18(2)27(17)28-19(3)31-29(32-20(28)4)33-9-11-36-12-10-33/h5-8,14,22,30H,9-13,15-16H2,1-4H3,(H,34,35)/t22-/m1/s1. The summed E-state index contributed by atoms with van der Waals surface area (Å²) < 4.78 is 11.3. The lowest BCUT2D eigenvalue weighted by atomic mass is 9.90. The average molecular weight is 503 g/mol.